The van der Waals surface area contributed by atoms with Crippen molar-refractivity contribution in [2.45, 2.75) is 13.5 Å². The summed E-state index contributed by atoms with van der Waals surface area (Å²) >= 11 is 1.25. The number of benzene rings is 2. The topological polar surface area (TPSA) is 101 Å². The van der Waals surface area contributed by atoms with Crippen LogP contribution in [0.25, 0.3) is 21.2 Å². The van der Waals surface area contributed by atoms with Gasteiger partial charge in [-0.05, 0) is 19.1 Å². The standard InChI is InChI=1S/C22H18N2O7S/c1-3-28-14-6-4-5-12-7-17(31-20(12)14)21(26)23-22-24(10-19(25)27-2)13-8-15-16(30-11-29-15)9-18(13)32-22/h4-9H,3,10-11H2,1-2H3. The molecule has 10 heteroatoms. The molecule has 0 saturated carbocycles. The third-order valence-electron chi connectivity index (χ3n) is 4.91. The molecule has 4 aromatic rings. The summed E-state index contributed by atoms with van der Waals surface area (Å²) in [5.74, 6) is 0.745. The van der Waals surface area contributed by atoms with Gasteiger partial charge in [0, 0.05) is 17.5 Å². The smallest absolute Gasteiger partial charge is 0.325 e. The summed E-state index contributed by atoms with van der Waals surface area (Å²) < 4.78 is 29.4. The molecule has 3 heterocycles. The van der Waals surface area contributed by atoms with E-state index in [2.05, 4.69) is 4.99 Å². The predicted molar refractivity (Wildman–Crippen MR) is 115 cm³/mol. The number of carbonyl (C=O) groups excluding carboxylic acids is 2. The molecule has 0 atom stereocenters. The minimum atomic E-state index is -0.575. The number of thiazole rings is 1. The van der Waals surface area contributed by atoms with Crippen LogP contribution in [-0.2, 0) is 16.1 Å². The molecule has 2 aromatic carbocycles. The number of esters is 1. The monoisotopic (exact) mass is 454 g/mol. The van der Waals surface area contributed by atoms with Gasteiger partial charge in [0.05, 0.1) is 23.9 Å². The number of aromatic nitrogens is 1. The molecule has 1 aliphatic heterocycles. The van der Waals surface area contributed by atoms with Crippen molar-refractivity contribution in [1.82, 2.24) is 4.57 Å². The Balaban J connectivity index is 1.61. The maximum atomic E-state index is 13.0. The van der Waals surface area contributed by atoms with E-state index in [0.717, 1.165) is 10.1 Å². The van der Waals surface area contributed by atoms with Crippen LogP contribution in [0, 0.1) is 0 Å². The highest BCUT2D eigenvalue weighted by molar-refractivity contribution is 7.16. The van der Waals surface area contributed by atoms with E-state index in [9.17, 15) is 9.59 Å². The molecule has 1 amide bonds. The van der Waals surface area contributed by atoms with Gasteiger partial charge in [-0.15, -0.1) is 0 Å². The Morgan fingerprint density at radius 3 is 2.78 bits per heavy atom. The van der Waals surface area contributed by atoms with Crippen LogP contribution in [0.15, 0.2) is 45.8 Å². The fourth-order valence-electron chi connectivity index (χ4n) is 3.44. The summed E-state index contributed by atoms with van der Waals surface area (Å²) in [5, 5.41) is 0.735. The SMILES string of the molecule is CCOc1cccc2cc(C(=O)N=c3sc4cc5c(cc4n3CC(=O)OC)OCO5)oc12. The maximum absolute atomic E-state index is 13.0. The third kappa shape index (κ3) is 3.48. The number of amides is 1. The molecule has 0 radical (unpaired) electrons. The first-order valence-electron chi connectivity index (χ1n) is 9.81. The molecule has 164 valence electrons. The first kappa shape index (κ1) is 20.1. The second-order valence-electron chi connectivity index (χ2n) is 6.86. The Morgan fingerprint density at radius 2 is 2.00 bits per heavy atom. The number of methoxy groups -OCH3 is 1. The Morgan fingerprint density at radius 1 is 1.19 bits per heavy atom. The van der Waals surface area contributed by atoms with Crippen LogP contribution >= 0.6 is 11.3 Å². The molecule has 1 aliphatic rings. The molecule has 2 aromatic heterocycles. The van der Waals surface area contributed by atoms with E-state index in [0.29, 0.717) is 39.8 Å². The van der Waals surface area contributed by atoms with Gasteiger partial charge in [0.15, 0.2) is 33.4 Å². The number of nitrogens with zero attached hydrogens (tertiary/aromatic N) is 2. The zero-order valence-electron chi connectivity index (χ0n) is 17.2. The fraction of sp³-hybridized carbons (Fsp3) is 0.227. The van der Waals surface area contributed by atoms with Gasteiger partial charge in [-0.3, -0.25) is 9.59 Å². The van der Waals surface area contributed by atoms with Crippen molar-refractivity contribution in [3.05, 3.63) is 47.0 Å². The van der Waals surface area contributed by atoms with Crippen LogP contribution in [-0.4, -0.2) is 37.0 Å². The normalized spacial score (nSPS) is 13.1. The molecule has 0 fully saturated rings. The van der Waals surface area contributed by atoms with Gasteiger partial charge >= 0.3 is 11.9 Å². The van der Waals surface area contributed by atoms with Crippen molar-refractivity contribution >= 4 is 44.4 Å². The number of hydrogen-bond donors (Lipinski definition) is 0. The molecule has 32 heavy (non-hydrogen) atoms. The number of fused-ring (bicyclic) bond motifs is 3. The molecule has 5 rings (SSSR count). The molecule has 0 N–H and O–H groups in total. The van der Waals surface area contributed by atoms with E-state index in [1.165, 1.54) is 18.4 Å². The Hall–Kier alpha value is -3.79. The summed E-state index contributed by atoms with van der Waals surface area (Å²) in [6, 6.07) is 10.6. The zero-order chi connectivity index (χ0) is 22.2. The van der Waals surface area contributed by atoms with Gasteiger partial charge in [0.25, 0.3) is 0 Å². The third-order valence-corrected chi connectivity index (χ3v) is 5.95. The maximum Gasteiger partial charge on any atom is 0.325 e. The highest BCUT2D eigenvalue weighted by Crippen LogP contribution is 2.37. The Kier molecular flexibility index (Phi) is 5.06. The lowest BCUT2D eigenvalue weighted by molar-refractivity contribution is -0.141. The van der Waals surface area contributed by atoms with Crippen molar-refractivity contribution in [2.75, 3.05) is 20.5 Å². The van der Waals surface area contributed by atoms with Gasteiger partial charge in [0.2, 0.25) is 6.79 Å². The van der Waals surface area contributed by atoms with Crippen LogP contribution in [0.5, 0.6) is 17.2 Å². The van der Waals surface area contributed by atoms with Crippen molar-refractivity contribution in [3.8, 4) is 17.2 Å². The number of carbonyl (C=O) groups is 2. The van der Waals surface area contributed by atoms with Crippen molar-refractivity contribution < 1.29 is 33.0 Å². The zero-order valence-corrected chi connectivity index (χ0v) is 18.1. The lowest BCUT2D eigenvalue weighted by Crippen LogP contribution is -2.22. The van der Waals surface area contributed by atoms with Crippen LogP contribution in [0.4, 0.5) is 0 Å². The van der Waals surface area contributed by atoms with E-state index in [-0.39, 0.29) is 19.1 Å². The molecule has 9 nitrogen and oxygen atoms in total. The molecule has 0 saturated heterocycles. The molecule has 0 aliphatic carbocycles. The Bertz CT molecular complexity index is 1430. The van der Waals surface area contributed by atoms with Crippen molar-refractivity contribution in [2.24, 2.45) is 4.99 Å². The summed E-state index contributed by atoms with van der Waals surface area (Å²) in [4.78, 5) is 29.6. The van der Waals surface area contributed by atoms with Crippen LogP contribution in [0.1, 0.15) is 17.5 Å². The lowest BCUT2D eigenvalue weighted by Gasteiger charge is -2.04. The van der Waals surface area contributed by atoms with Crippen molar-refractivity contribution in [3.63, 3.8) is 0 Å². The minimum absolute atomic E-state index is 0.0726. The predicted octanol–water partition coefficient (Wildman–Crippen LogP) is 3.49. The molecule has 0 bridgehead atoms. The number of rotatable bonds is 5. The highest BCUT2D eigenvalue weighted by Gasteiger charge is 2.20. The summed E-state index contributed by atoms with van der Waals surface area (Å²) in [6.07, 6.45) is 0. The lowest BCUT2D eigenvalue weighted by atomic mass is 10.2. The largest absolute Gasteiger partial charge is 0.490 e. The molecule has 0 unspecified atom stereocenters. The van der Waals surface area contributed by atoms with Gasteiger partial charge < -0.3 is 27.9 Å². The van der Waals surface area contributed by atoms with Crippen LogP contribution < -0.4 is 19.0 Å². The average molecular weight is 454 g/mol. The second-order valence-corrected chi connectivity index (χ2v) is 7.86. The summed E-state index contributed by atoms with van der Waals surface area (Å²) in [6.45, 7) is 2.36. The molecular formula is C22H18N2O7S. The Labute approximate surface area is 185 Å². The fourth-order valence-corrected chi connectivity index (χ4v) is 4.48. The van der Waals surface area contributed by atoms with Gasteiger partial charge in [0.1, 0.15) is 6.54 Å². The second kappa shape index (κ2) is 8.04. The molecular weight excluding hydrogens is 436 g/mol. The van der Waals surface area contributed by atoms with Crippen LogP contribution in [0.3, 0.4) is 0 Å². The molecule has 0 spiro atoms. The quantitative estimate of drug-likeness (QED) is 0.426. The van der Waals surface area contributed by atoms with E-state index >= 15 is 0 Å². The number of ether oxygens (including phenoxy) is 4. The van der Waals surface area contributed by atoms with E-state index < -0.39 is 11.9 Å². The highest BCUT2D eigenvalue weighted by atomic mass is 32.1. The summed E-state index contributed by atoms with van der Waals surface area (Å²) in [5.41, 5.74) is 1.16. The van der Waals surface area contributed by atoms with E-state index in [1.54, 1.807) is 28.8 Å². The summed E-state index contributed by atoms with van der Waals surface area (Å²) in [7, 11) is 1.30. The first-order valence-corrected chi connectivity index (χ1v) is 10.6. The van der Waals surface area contributed by atoms with E-state index in [4.69, 9.17) is 23.4 Å². The van der Waals surface area contributed by atoms with Gasteiger partial charge in [-0.25, -0.2) is 0 Å². The first-order chi connectivity index (χ1) is 15.6. The average Bonchev–Trinajstić information content (AvgIpc) is 3.50. The van der Waals surface area contributed by atoms with E-state index in [1.807, 2.05) is 19.1 Å². The number of furan rings is 1. The van der Waals surface area contributed by atoms with Crippen LogP contribution in [0.2, 0.25) is 0 Å². The number of hydrogen-bond acceptors (Lipinski definition) is 8. The van der Waals surface area contributed by atoms with Gasteiger partial charge in [-0.1, -0.05) is 23.5 Å². The van der Waals surface area contributed by atoms with Crippen molar-refractivity contribution in [1.29, 1.82) is 0 Å². The minimum Gasteiger partial charge on any atom is -0.490 e. The number of para-hydroxylation sites is 1. The van der Waals surface area contributed by atoms with Gasteiger partial charge in [-0.2, -0.15) is 4.99 Å².